The van der Waals surface area contributed by atoms with Crippen LogP contribution in [0.5, 0.6) is 0 Å². The lowest BCUT2D eigenvalue weighted by molar-refractivity contribution is -0.130. The van der Waals surface area contributed by atoms with E-state index in [4.69, 9.17) is 11.6 Å². The zero-order valence-electron chi connectivity index (χ0n) is 14.1. The van der Waals surface area contributed by atoms with Crippen LogP contribution in [-0.4, -0.2) is 55.5 Å². The highest BCUT2D eigenvalue weighted by Gasteiger charge is 2.26. The van der Waals surface area contributed by atoms with Crippen molar-refractivity contribution in [2.45, 2.75) is 32.6 Å². The maximum Gasteiger partial charge on any atom is 0.227 e. The molecule has 1 saturated heterocycles. The summed E-state index contributed by atoms with van der Waals surface area (Å²) < 4.78 is 26.2. The van der Waals surface area contributed by atoms with Gasteiger partial charge in [-0.25, -0.2) is 12.7 Å². The summed E-state index contributed by atoms with van der Waals surface area (Å²) in [6.07, 6.45) is 2.50. The second-order valence-electron chi connectivity index (χ2n) is 6.11. The number of hydrogen-bond acceptors (Lipinski definition) is 3. The zero-order chi connectivity index (χ0) is 17.6. The summed E-state index contributed by atoms with van der Waals surface area (Å²) in [6, 6.07) is 7.28. The SMILES string of the molecule is CCCCS(=O)(=O)N1CCCN(C(=O)Cc2cccc(Cl)c2)CC1. The fraction of sp³-hybridized carbons (Fsp3) is 0.588. The Labute approximate surface area is 149 Å². The average molecular weight is 373 g/mol. The van der Waals surface area contributed by atoms with Crippen molar-refractivity contribution in [3.8, 4) is 0 Å². The van der Waals surface area contributed by atoms with E-state index in [0.29, 0.717) is 50.5 Å². The van der Waals surface area contributed by atoms with E-state index in [-0.39, 0.29) is 11.7 Å². The van der Waals surface area contributed by atoms with Crippen molar-refractivity contribution in [2.75, 3.05) is 31.9 Å². The normalized spacial score (nSPS) is 16.8. The molecule has 0 saturated carbocycles. The molecular weight excluding hydrogens is 348 g/mol. The predicted octanol–water partition coefficient (Wildman–Crippen LogP) is 2.55. The molecule has 2 rings (SSSR count). The first-order valence-electron chi connectivity index (χ1n) is 8.42. The Hall–Kier alpha value is -1.11. The van der Waals surface area contributed by atoms with E-state index in [1.54, 1.807) is 17.0 Å². The van der Waals surface area contributed by atoms with Gasteiger partial charge in [0.1, 0.15) is 0 Å². The summed E-state index contributed by atoms with van der Waals surface area (Å²) >= 11 is 5.95. The monoisotopic (exact) mass is 372 g/mol. The molecule has 1 amide bonds. The Morgan fingerprint density at radius 2 is 2.00 bits per heavy atom. The summed E-state index contributed by atoms with van der Waals surface area (Å²) in [6.45, 7) is 3.90. The molecule has 0 N–H and O–H groups in total. The van der Waals surface area contributed by atoms with Gasteiger partial charge in [0.15, 0.2) is 0 Å². The van der Waals surface area contributed by atoms with Gasteiger partial charge in [0, 0.05) is 31.2 Å². The smallest absolute Gasteiger partial charge is 0.227 e. The second kappa shape index (κ2) is 8.83. The Bertz CT molecular complexity index is 664. The first-order chi connectivity index (χ1) is 11.4. The molecule has 1 aromatic rings. The molecule has 0 atom stereocenters. The van der Waals surface area contributed by atoms with Crippen molar-refractivity contribution < 1.29 is 13.2 Å². The average Bonchev–Trinajstić information content (AvgIpc) is 2.79. The molecule has 0 aromatic heterocycles. The fourth-order valence-corrected chi connectivity index (χ4v) is 4.70. The van der Waals surface area contributed by atoms with Crippen molar-refractivity contribution >= 4 is 27.5 Å². The molecule has 5 nitrogen and oxygen atoms in total. The Balaban J connectivity index is 1.94. The van der Waals surface area contributed by atoms with Crippen molar-refractivity contribution in [2.24, 2.45) is 0 Å². The maximum atomic E-state index is 12.5. The van der Waals surface area contributed by atoms with Crippen LogP contribution < -0.4 is 0 Å². The van der Waals surface area contributed by atoms with Gasteiger partial charge < -0.3 is 4.90 Å². The number of sulfonamides is 1. The van der Waals surface area contributed by atoms with Gasteiger partial charge in [0.2, 0.25) is 15.9 Å². The predicted molar refractivity (Wildman–Crippen MR) is 96.6 cm³/mol. The molecule has 1 aliphatic rings. The molecule has 24 heavy (non-hydrogen) atoms. The van der Waals surface area contributed by atoms with Gasteiger partial charge in [-0.1, -0.05) is 37.1 Å². The molecule has 0 unspecified atom stereocenters. The summed E-state index contributed by atoms with van der Waals surface area (Å²) in [5.74, 6) is 0.213. The van der Waals surface area contributed by atoms with E-state index < -0.39 is 10.0 Å². The third-order valence-electron chi connectivity index (χ3n) is 4.20. The molecule has 1 aliphatic heterocycles. The van der Waals surface area contributed by atoms with Crippen LogP contribution in [0.25, 0.3) is 0 Å². The first-order valence-corrected chi connectivity index (χ1v) is 10.4. The van der Waals surface area contributed by atoms with Gasteiger partial charge in [-0.3, -0.25) is 4.79 Å². The van der Waals surface area contributed by atoms with Crippen LogP contribution in [0.15, 0.2) is 24.3 Å². The van der Waals surface area contributed by atoms with Crippen LogP contribution in [0.3, 0.4) is 0 Å². The topological polar surface area (TPSA) is 57.7 Å². The van der Waals surface area contributed by atoms with Crippen molar-refractivity contribution in [3.63, 3.8) is 0 Å². The minimum absolute atomic E-state index is 0.0186. The number of carbonyl (C=O) groups excluding carboxylic acids is 1. The summed E-state index contributed by atoms with van der Waals surface area (Å²) in [5.41, 5.74) is 0.879. The van der Waals surface area contributed by atoms with Gasteiger partial charge in [0.25, 0.3) is 0 Å². The standard InChI is InChI=1S/C17H25ClN2O3S/c1-2-3-12-24(22,23)20-9-5-8-19(10-11-20)17(21)14-15-6-4-7-16(18)13-15/h4,6-7,13H,2-3,5,8-12,14H2,1H3. The highest BCUT2D eigenvalue weighted by atomic mass is 35.5. The molecule has 1 heterocycles. The number of rotatable bonds is 6. The van der Waals surface area contributed by atoms with Crippen LogP contribution in [-0.2, 0) is 21.2 Å². The lowest BCUT2D eigenvalue weighted by Gasteiger charge is -2.22. The van der Waals surface area contributed by atoms with Crippen LogP contribution in [0.4, 0.5) is 0 Å². The Morgan fingerprint density at radius 1 is 1.21 bits per heavy atom. The van der Waals surface area contributed by atoms with E-state index in [1.165, 1.54) is 4.31 Å². The first kappa shape index (κ1) is 19.2. The minimum Gasteiger partial charge on any atom is -0.341 e. The summed E-state index contributed by atoms with van der Waals surface area (Å²) in [5, 5.41) is 0.615. The van der Waals surface area contributed by atoms with Gasteiger partial charge in [-0.2, -0.15) is 0 Å². The molecule has 0 bridgehead atoms. The number of amides is 1. The molecule has 7 heteroatoms. The third kappa shape index (κ3) is 5.46. The molecule has 0 radical (unpaired) electrons. The lowest BCUT2D eigenvalue weighted by Crippen LogP contribution is -2.38. The highest BCUT2D eigenvalue weighted by Crippen LogP contribution is 2.14. The lowest BCUT2D eigenvalue weighted by atomic mass is 10.1. The number of halogens is 1. The van der Waals surface area contributed by atoms with Gasteiger partial charge >= 0.3 is 0 Å². The largest absolute Gasteiger partial charge is 0.341 e. The number of nitrogens with zero attached hydrogens (tertiary/aromatic N) is 2. The van der Waals surface area contributed by atoms with Crippen molar-refractivity contribution in [1.82, 2.24) is 9.21 Å². The molecular formula is C17H25ClN2O3S. The van der Waals surface area contributed by atoms with Gasteiger partial charge in [-0.15, -0.1) is 0 Å². The number of unbranched alkanes of at least 4 members (excludes halogenated alkanes) is 1. The van der Waals surface area contributed by atoms with Crippen LogP contribution in [0.2, 0.25) is 5.02 Å². The second-order valence-corrected chi connectivity index (χ2v) is 8.63. The number of hydrogen-bond donors (Lipinski definition) is 0. The van der Waals surface area contributed by atoms with Gasteiger partial charge in [-0.05, 0) is 30.5 Å². The zero-order valence-corrected chi connectivity index (χ0v) is 15.7. The molecule has 1 fully saturated rings. The summed E-state index contributed by atoms with van der Waals surface area (Å²) in [4.78, 5) is 14.2. The molecule has 0 spiro atoms. The van der Waals surface area contributed by atoms with Gasteiger partial charge in [0.05, 0.1) is 12.2 Å². The number of benzene rings is 1. The minimum atomic E-state index is -3.20. The molecule has 134 valence electrons. The van der Waals surface area contributed by atoms with Crippen LogP contribution in [0, 0.1) is 0 Å². The van der Waals surface area contributed by atoms with Crippen molar-refractivity contribution in [3.05, 3.63) is 34.9 Å². The third-order valence-corrected chi connectivity index (χ3v) is 6.39. The van der Waals surface area contributed by atoms with E-state index in [1.807, 2.05) is 19.1 Å². The summed E-state index contributed by atoms with van der Waals surface area (Å²) in [7, 11) is -3.20. The van der Waals surface area contributed by atoms with E-state index >= 15 is 0 Å². The van der Waals surface area contributed by atoms with E-state index in [9.17, 15) is 13.2 Å². The Kier molecular flexibility index (Phi) is 7.07. The highest BCUT2D eigenvalue weighted by molar-refractivity contribution is 7.89. The Morgan fingerprint density at radius 3 is 2.71 bits per heavy atom. The van der Waals surface area contributed by atoms with E-state index in [0.717, 1.165) is 12.0 Å². The molecule has 0 aliphatic carbocycles. The fourth-order valence-electron chi connectivity index (χ4n) is 2.81. The quantitative estimate of drug-likeness (QED) is 0.771. The maximum absolute atomic E-state index is 12.5. The van der Waals surface area contributed by atoms with Crippen LogP contribution in [0.1, 0.15) is 31.7 Å². The number of carbonyl (C=O) groups is 1. The van der Waals surface area contributed by atoms with E-state index in [2.05, 4.69) is 0 Å². The molecule has 1 aromatic carbocycles. The van der Waals surface area contributed by atoms with Crippen LogP contribution >= 0.6 is 11.6 Å². The van der Waals surface area contributed by atoms with Crippen molar-refractivity contribution in [1.29, 1.82) is 0 Å².